The van der Waals surface area contributed by atoms with Crippen LogP contribution in [0.5, 0.6) is 0 Å². The highest BCUT2D eigenvalue weighted by Crippen LogP contribution is 2.27. The fourth-order valence-electron chi connectivity index (χ4n) is 1.54. The van der Waals surface area contributed by atoms with E-state index in [1.54, 1.807) is 6.20 Å². The molecule has 0 aliphatic carbocycles. The molecule has 0 spiro atoms. The zero-order valence-electron chi connectivity index (χ0n) is 9.31. The molecule has 0 unspecified atom stereocenters. The van der Waals surface area contributed by atoms with Crippen LogP contribution in [0.15, 0.2) is 42.6 Å². The molecule has 0 N–H and O–H groups in total. The molecule has 1 aromatic heterocycles. The molecule has 1 aromatic carbocycles. The SMILES string of the molecule is CN(C)c1cc(-c2ccccc2)cnc1Cl. The second-order valence-corrected chi connectivity index (χ2v) is 4.15. The maximum absolute atomic E-state index is 6.03. The van der Waals surface area contributed by atoms with Gasteiger partial charge in [-0.25, -0.2) is 4.98 Å². The van der Waals surface area contributed by atoms with Crippen LogP contribution in [0.2, 0.25) is 5.15 Å². The predicted molar refractivity (Wildman–Crippen MR) is 69.0 cm³/mol. The molecule has 0 fully saturated rings. The number of benzene rings is 1. The number of halogens is 1. The van der Waals surface area contributed by atoms with E-state index < -0.39 is 0 Å². The molecule has 3 heteroatoms. The van der Waals surface area contributed by atoms with Crippen molar-refractivity contribution in [1.82, 2.24) is 4.98 Å². The maximum atomic E-state index is 6.03. The van der Waals surface area contributed by atoms with Crippen molar-refractivity contribution >= 4 is 17.3 Å². The van der Waals surface area contributed by atoms with Gasteiger partial charge in [-0.15, -0.1) is 0 Å². The van der Waals surface area contributed by atoms with Crippen LogP contribution >= 0.6 is 11.6 Å². The average molecular weight is 233 g/mol. The number of aromatic nitrogens is 1. The number of hydrogen-bond donors (Lipinski definition) is 0. The smallest absolute Gasteiger partial charge is 0.152 e. The minimum absolute atomic E-state index is 0.532. The van der Waals surface area contributed by atoms with Gasteiger partial charge in [0.05, 0.1) is 5.69 Å². The lowest BCUT2D eigenvalue weighted by Gasteiger charge is -2.14. The van der Waals surface area contributed by atoms with E-state index in [0.29, 0.717) is 5.15 Å². The van der Waals surface area contributed by atoms with E-state index in [0.717, 1.165) is 16.8 Å². The van der Waals surface area contributed by atoms with E-state index in [2.05, 4.69) is 17.1 Å². The molecule has 2 rings (SSSR count). The van der Waals surface area contributed by atoms with Crippen LogP contribution in [-0.2, 0) is 0 Å². The van der Waals surface area contributed by atoms with Crippen molar-refractivity contribution in [3.63, 3.8) is 0 Å². The lowest BCUT2D eigenvalue weighted by Crippen LogP contribution is -2.09. The van der Waals surface area contributed by atoms with Crippen molar-refractivity contribution in [2.24, 2.45) is 0 Å². The van der Waals surface area contributed by atoms with Gasteiger partial charge in [-0.3, -0.25) is 0 Å². The molecule has 2 aromatic rings. The average Bonchev–Trinajstić information content (AvgIpc) is 2.30. The lowest BCUT2D eigenvalue weighted by atomic mass is 10.1. The van der Waals surface area contributed by atoms with Gasteiger partial charge in [0, 0.05) is 25.9 Å². The van der Waals surface area contributed by atoms with Gasteiger partial charge >= 0.3 is 0 Å². The standard InChI is InChI=1S/C13H13ClN2/c1-16(2)12-8-11(9-15-13(12)14)10-6-4-3-5-7-10/h3-9H,1-2H3. The number of hydrogen-bond acceptors (Lipinski definition) is 2. The van der Waals surface area contributed by atoms with E-state index in [4.69, 9.17) is 11.6 Å². The summed E-state index contributed by atoms with van der Waals surface area (Å²) in [5.74, 6) is 0. The Morgan fingerprint density at radius 2 is 1.75 bits per heavy atom. The Labute approximate surface area is 101 Å². The third-order valence-electron chi connectivity index (χ3n) is 2.41. The molecule has 0 saturated heterocycles. The molecular formula is C13H13ClN2. The summed E-state index contributed by atoms with van der Waals surface area (Å²) in [5, 5.41) is 0.532. The van der Waals surface area contributed by atoms with Gasteiger partial charge in [-0.1, -0.05) is 41.9 Å². The summed E-state index contributed by atoms with van der Waals surface area (Å²) in [6.07, 6.45) is 1.80. The highest BCUT2D eigenvalue weighted by Gasteiger charge is 2.06. The van der Waals surface area contributed by atoms with Crippen LogP contribution in [0.4, 0.5) is 5.69 Å². The summed E-state index contributed by atoms with van der Waals surface area (Å²) in [4.78, 5) is 6.16. The Morgan fingerprint density at radius 1 is 1.06 bits per heavy atom. The van der Waals surface area contributed by atoms with Crippen LogP contribution in [-0.4, -0.2) is 19.1 Å². The molecule has 82 valence electrons. The van der Waals surface area contributed by atoms with Crippen molar-refractivity contribution in [1.29, 1.82) is 0 Å². The number of rotatable bonds is 2. The largest absolute Gasteiger partial charge is 0.375 e. The van der Waals surface area contributed by atoms with Gasteiger partial charge in [0.1, 0.15) is 0 Å². The molecule has 1 heterocycles. The first-order valence-electron chi connectivity index (χ1n) is 5.07. The molecule has 16 heavy (non-hydrogen) atoms. The van der Waals surface area contributed by atoms with E-state index in [9.17, 15) is 0 Å². The number of anilines is 1. The van der Waals surface area contributed by atoms with Gasteiger partial charge < -0.3 is 4.90 Å². The maximum Gasteiger partial charge on any atom is 0.152 e. The minimum Gasteiger partial charge on any atom is -0.375 e. The second-order valence-electron chi connectivity index (χ2n) is 3.79. The third-order valence-corrected chi connectivity index (χ3v) is 2.70. The first kappa shape index (κ1) is 11.0. The van der Waals surface area contributed by atoms with Crippen LogP contribution in [0.25, 0.3) is 11.1 Å². The normalized spacial score (nSPS) is 10.2. The fourth-order valence-corrected chi connectivity index (χ4v) is 1.81. The van der Waals surface area contributed by atoms with E-state index in [1.165, 1.54) is 0 Å². The summed E-state index contributed by atoms with van der Waals surface area (Å²) < 4.78 is 0. The number of pyridine rings is 1. The molecule has 0 radical (unpaired) electrons. The second kappa shape index (κ2) is 4.54. The van der Waals surface area contributed by atoms with Gasteiger partial charge in [-0.05, 0) is 11.6 Å². The Bertz CT molecular complexity index is 481. The lowest BCUT2D eigenvalue weighted by molar-refractivity contribution is 1.11. The Morgan fingerprint density at radius 3 is 2.38 bits per heavy atom. The molecular weight excluding hydrogens is 220 g/mol. The van der Waals surface area contributed by atoms with Crippen molar-refractivity contribution in [2.45, 2.75) is 0 Å². The molecule has 0 saturated carbocycles. The van der Waals surface area contributed by atoms with E-state index in [1.807, 2.05) is 43.3 Å². The molecule has 0 amide bonds. The molecule has 0 atom stereocenters. The van der Waals surface area contributed by atoms with Gasteiger partial charge in [0.2, 0.25) is 0 Å². The zero-order valence-corrected chi connectivity index (χ0v) is 10.1. The van der Waals surface area contributed by atoms with Crippen molar-refractivity contribution in [3.05, 3.63) is 47.7 Å². The zero-order chi connectivity index (χ0) is 11.5. The first-order chi connectivity index (χ1) is 7.68. The van der Waals surface area contributed by atoms with Gasteiger partial charge in [0.25, 0.3) is 0 Å². The molecule has 2 nitrogen and oxygen atoms in total. The monoisotopic (exact) mass is 232 g/mol. The summed E-state index contributed by atoms with van der Waals surface area (Å²) >= 11 is 6.03. The Kier molecular flexibility index (Phi) is 3.11. The minimum atomic E-state index is 0.532. The van der Waals surface area contributed by atoms with Crippen LogP contribution in [0, 0.1) is 0 Å². The Balaban J connectivity index is 2.48. The molecule has 0 aliphatic rings. The van der Waals surface area contributed by atoms with Gasteiger partial charge in [0.15, 0.2) is 5.15 Å². The topological polar surface area (TPSA) is 16.1 Å². The summed E-state index contributed by atoms with van der Waals surface area (Å²) in [7, 11) is 3.91. The third kappa shape index (κ3) is 2.17. The molecule has 0 aliphatic heterocycles. The van der Waals surface area contributed by atoms with Crippen LogP contribution < -0.4 is 4.90 Å². The van der Waals surface area contributed by atoms with Gasteiger partial charge in [-0.2, -0.15) is 0 Å². The summed E-state index contributed by atoms with van der Waals surface area (Å²) in [6, 6.07) is 12.2. The first-order valence-corrected chi connectivity index (χ1v) is 5.44. The van der Waals surface area contributed by atoms with Crippen LogP contribution in [0.3, 0.4) is 0 Å². The van der Waals surface area contributed by atoms with Crippen molar-refractivity contribution in [2.75, 3.05) is 19.0 Å². The quantitative estimate of drug-likeness (QED) is 0.738. The highest BCUT2D eigenvalue weighted by atomic mass is 35.5. The summed E-state index contributed by atoms with van der Waals surface area (Å²) in [5.41, 5.74) is 3.16. The van der Waals surface area contributed by atoms with E-state index >= 15 is 0 Å². The van der Waals surface area contributed by atoms with Crippen LogP contribution in [0.1, 0.15) is 0 Å². The molecule has 0 bridgehead atoms. The van der Waals surface area contributed by atoms with Crippen molar-refractivity contribution in [3.8, 4) is 11.1 Å². The predicted octanol–water partition coefficient (Wildman–Crippen LogP) is 3.47. The highest BCUT2D eigenvalue weighted by molar-refractivity contribution is 6.32. The van der Waals surface area contributed by atoms with Crippen molar-refractivity contribution < 1.29 is 0 Å². The number of nitrogens with zero attached hydrogens (tertiary/aromatic N) is 2. The Hall–Kier alpha value is -1.54. The summed E-state index contributed by atoms with van der Waals surface area (Å²) in [6.45, 7) is 0. The fraction of sp³-hybridized carbons (Fsp3) is 0.154. The van der Waals surface area contributed by atoms with E-state index in [-0.39, 0.29) is 0 Å².